The number of anilines is 1. The molecule has 0 radical (unpaired) electrons. The molecule has 0 amide bonds. The Bertz CT molecular complexity index is 2360. The number of hydrogen-bond acceptors (Lipinski definition) is 10. The standard InChI is InChI=1S/C19H19N5O.C18H15ClN4O.CH5N.CH4.FH/c1-12-17(13(2)25-23-12)15-9-16-18(21-10-15)22-19(20-3)24(16)11-14-7-5-4-6-8-14;1-11-16(12(2)24-22-11)14-8-15-17(20-9-14)21-18(19)23(15)10-13-6-4-3-5-7-13;1-2;;/h4-10H,11H2,1-3H3,(H,20,21,22);3-9H,10H2,1-2H3;2H2,1H3;1H4;1H. The minimum absolute atomic E-state index is 0. The molecule has 0 aliphatic rings. The van der Waals surface area contributed by atoms with Gasteiger partial charge in [-0.1, -0.05) is 78.4 Å². The van der Waals surface area contributed by atoms with Crippen molar-refractivity contribution >= 4 is 39.9 Å². The summed E-state index contributed by atoms with van der Waals surface area (Å²) in [4.78, 5) is 18.0. The highest BCUT2D eigenvalue weighted by molar-refractivity contribution is 6.29. The Kier molecular flexibility index (Phi) is 13.2. The molecule has 3 N–H and O–H groups in total. The zero-order chi connectivity index (χ0) is 36.1. The van der Waals surface area contributed by atoms with E-state index in [1.807, 2.05) is 88.0 Å². The Balaban J connectivity index is 0.000000218. The van der Waals surface area contributed by atoms with Gasteiger partial charge in [0, 0.05) is 41.7 Å². The van der Waals surface area contributed by atoms with Crippen molar-refractivity contribution in [2.24, 2.45) is 5.73 Å². The minimum Gasteiger partial charge on any atom is -0.361 e. The second kappa shape index (κ2) is 17.5. The maximum absolute atomic E-state index is 6.34. The Hall–Kier alpha value is -5.92. The third-order valence-corrected chi connectivity index (χ3v) is 8.69. The second-order valence-electron chi connectivity index (χ2n) is 11.7. The van der Waals surface area contributed by atoms with Gasteiger partial charge in [0.2, 0.25) is 11.2 Å². The normalized spacial score (nSPS) is 10.5. The molecule has 0 saturated heterocycles. The van der Waals surface area contributed by atoms with Gasteiger partial charge < -0.3 is 29.2 Å². The number of aromatic nitrogens is 8. The van der Waals surface area contributed by atoms with Crippen LogP contribution in [0.15, 0.2) is 94.2 Å². The smallest absolute Gasteiger partial charge is 0.205 e. The lowest BCUT2D eigenvalue weighted by molar-refractivity contribution is 0.393. The van der Waals surface area contributed by atoms with Gasteiger partial charge in [0.1, 0.15) is 11.5 Å². The average molecular weight is 739 g/mol. The molecule has 0 bridgehead atoms. The maximum Gasteiger partial charge on any atom is 0.205 e. The van der Waals surface area contributed by atoms with Crippen molar-refractivity contribution in [2.45, 2.75) is 48.2 Å². The van der Waals surface area contributed by atoms with E-state index in [0.29, 0.717) is 17.5 Å². The van der Waals surface area contributed by atoms with Gasteiger partial charge in [0.25, 0.3) is 0 Å². The number of nitrogens with two attached hydrogens (primary N) is 1. The summed E-state index contributed by atoms with van der Waals surface area (Å²) in [6, 6.07) is 24.6. The number of nitrogens with zero attached hydrogens (tertiary/aromatic N) is 8. The fraction of sp³-hybridized carbons (Fsp3) is 0.231. The molecule has 8 aromatic rings. The van der Waals surface area contributed by atoms with Gasteiger partial charge in [-0.2, -0.15) is 9.97 Å². The van der Waals surface area contributed by atoms with E-state index >= 15 is 0 Å². The van der Waals surface area contributed by atoms with Crippen LogP contribution in [0.25, 0.3) is 44.6 Å². The van der Waals surface area contributed by atoms with Crippen molar-refractivity contribution in [1.82, 2.24) is 39.4 Å². The van der Waals surface area contributed by atoms with E-state index < -0.39 is 0 Å². The predicted molar refractivity (Wildman–Crippen MR) is 210 cm³/mol. The van der Waals surface area contributed by atoms with Crippen LogP contribution in [0.1, 0.15) is 41.5 Å². The number of halogens is 2. The number of benzene rings is 2. The van der Waals surface area contributed by atoms with E-state index in [2.05, 4.69) is 76.2 Å². The summed E-state index contributed by atoms with van der Waals surface area (Å²) in [5.41, 5.74) is 15.7. The van der Waals surface area contributed by atoms with Gasteiger partial charge in [-0.25, -0.2) is 9.97 Å². The van der Waals surface area contributed by atoms with Crippen molar-refractivity contribution in [3.05, 3.63) is 125 Å². The van der Waals surface area contributed by atoms with Gasteiger partial charge in [-0.15, -0.1) is 0 Å². The van der Waals surface area contributed by atoms with Gasteiger partial charge in [0.05, 0.1) is 35.5 Å². The summed E-state index contributed by atoms with van der Waals surface area (Å²) in [6.07, 6.45) is 3.61. The van der Waals surface area contributed by atoms with Crippen LogP contribution in [-0.2, 0) is 13.1 Å². The molecule has 0 aliphatic carbocycles. The van der Waals surface area contributed by atoms with Crippen LogP contribution in [0, 0.1) is 27.7 Å². The van der Waals surface area contributed by atoms with Crippen molar-refractivity contribution in [1.29, 1.82) is 0 Å². The van der Waals surface area contributed by atoms with E-state index in [0.717, 1.165) is 79.9 Å². The zero-order valence-corrected chi connectivity index (χ0v) is 30.5. The molecule has 0 fully saturated rings. The van der Waals surface area contributed by atoms with Crippen molar-refractivity contribution < 1.29 is 13.8 Å². The SMILES string of the molecule is C.CN.CNc1nc2ncc(-c3c(C)noc3C)cc2n1Cc1ccccc1.Cc1noc(C)c1-c1cnc2nc(Cl)n(Cc3ccccc3)c2c1.F. The molecule has 0 unspecified atom stereocenters. The molecule has 0 saturated carbocycles. The Morgan fingerprint density at radius 2 is 1.11 bits per heavy atom. The third-order valence-electron chi connectivity index (χ3n) is 8.40. The molecular formula is C39H44ClFN10O2. The summed E-state index contributed by atoms with van der Waals surface area (Å²) >= 11 is 6.34. The topological polar surface area (TPSA) is 152 Å². The molecule has 8 rings (SSSR count). The lowest BCUT2D eigenvalue weighted by Crippen LogP contribution is -2.05. The number of aryl methyl sites for hydroxylation is 4. The first kappa shape index (κ1) is 39.9. The van der Waals surface area contributed by atoms with Gasteiger partial charge in [-0.3, -0.25) is 4.70 Å². The molecule has 14 heteroatoms. The summed E-state index contributed by atoms with van der Waals surface area (Å²) in [5, 5.41) is 11.7. The molecule has 276 valence electrons. The molecule has 6 heterocycles. The van der Waals surface area contributed by atoms with Crippen LogP contribution in [0.2, 0.25) is 5.28 Å². The van der Waals surface area contributed by atoms with E-state index in [9.17, 15) is 0 Å². The molecule has 53 heavy (non-hydrogen) atoms. The number of fused-ring (bicyclic) bond motifs is 2. The van der Waals surface area contributed by atoms with Gasteiger partial charge in [0.15, 0.2) is 11.3 Å². The first-order chi connectivity index (χ1) is 24.8. The monoisotopic (exact) mass is 738 g/mol. The second-order valence-corrected chi connectivity index (χ2v) is 12.1. The van der Waals surface area contributed by atoms with Crippen LogP contribution < -0.4 is 11.1 Å². The summed E-state index contributed by atoms with van der Waals surface area (Å²) in [7, 11) is 3.37. The highest BCUT2D eigenvalue weighted by Gasteiger charge is 2.18. The van der Waals surface area contributed by atoms with Crippen LogP contribution in [-0.4, -0.2) is 53.5 Å². The van der Waals surface area contributed by atoms with Gasteiger partial charge in [-0.05, 0) is 69.6 Å². The maximum atomic E-state index is 6.34. The highest BCUT2D eigenvalue weighted by atomic mass is 35.5. The summed E-state index contributed by atoms with van der Waals surface area (Å²) in [5.74, 6) is 2.36. The lowest BCUT2D eigenvalue weighted by Gasteiger charge is -2.09. The lowest BCUT2D eigenvalue weighted by atomic mass is 10.1. The molecule has 0 spiro atoms. The molecule has 0 atom stereocenters. The number of pyridine rings is 2. The van der Waals surface area contributed by atoms with E-state index in [1.54, 1.807) is 6.20 Å². The predicted octanol–water partition coefficient (Wildman–Crippen LogP) is 8.56. The number of imidazole rings is 2. The zero-order valence-electron chi connectivity index (χ0n) is 29.8. The number of rotatable bonds is 7. The third kappa shape index (κ3) is 8.27. The van der Waals surface area contributed by atoms with Crippen LogP contribution >= 0.6 is 11.6 Å². The Labute approximate surface area is 312 Å². The van der Waals surface area contributed by atoms with E-state index in [4.69, 9.17) is 20.6 Å². The molecule has 0 aliphatic heterocycles. The number of nitrogens with one attached hydrogen (secondary N) is 1. The van der Waals surface area contributed by atoms with Crippen LogP contribution in [0.3, 0.4) is 0 Å². The first-order valence-electron chi connectivity index (χ1n) is 16.4. The molecule has 12 nitrogen and oxygen atoms in total. The van der Waals surface area contributed by atoms with Crippen molar-refractivity contribution in [2.75, 3.05) is 19.4 Å². The summed E-state index contributed by atoms with van der Waals surface area (Å²) in [6.45, 7) is 9.04. The van der Waals surface area contributed by atoms with Crippen LogP contribution in [0.4, 0.5) is 10.7 Å². The average Bonchev–Trinajstić information content (AvgIpc) is 3.88. The van der Waals surface area contributed by atoms with Crippen LogP contribution in [0.5, 0.6) is 0 Å². The van der Waals surface area contributed by atoms with E-state index in [-0.39, 0.29) is 12.1 Å². The van der Waals surface area contributed by atoms with Crippen molar-refractivity contribution in [3.8, 4) is 22.3 Å². The Morgan fingerprint density at radius 1 is 0.679 bits per heavy atom. The highest BCUT2D eigenvalue weighted by Crippen LogP contribution is 2.31. The molecular weight excluding hydrogens is 695 g/mol. The first-order valence-corrected chi connectivity index (χ1v) is 16.8. The molecule has 2 aromatic carbocycles. The van der Waals surface area contributed by atoms with E-state index in [1.165, 1.54) is 12.6 Å². The fourth-order valence-corrected chi connectivity index (χ4v) is 6.31. The summed E-state index contributed by atoms with van der Waals surface area (Å²) < 4.78 is 14.7. The molecule has 6 aromatic heterocycles. The van der Waals surface area contributed by atoms with Gasteiger partial charge >= 0.3 is 0 Å². The largest absolute Gasteiger partial charge is 0.361 e. The minimum atomic E-state index is 0. The Morgan fingerprint density at radius 3 is 1.55 bits per heavy atom. The number of hydrogen-bond donors (Lipinski definition) is 2. The fourth-order valence-electron chi connectivity index (χ4n) is 6.08. The quantitative estimate of drug-likeness (QED) is 0.163. The van der Waals surface area contributed by atoms with Crippen molar-refractivity contribution in [3.63, 3.8) is 0 Å².